The zero-order chi connectivity index (χ0) is 18.6. The second-order valence-corrected chi connectivity index (χ2v) is 7.16. The molecular weight excluding hydrogens is 336 g/mol. The summed E-state index contributed by atoms with van der Waals surface area (Å²) in [7, 11) is 0.788. The van der Waals surface area contributed by atoms with E-state index in [9.17, 15) is 13.2 Å². The number of alkyl halides is 3. The first-order valence-corrected chi connectivity index (χ1v) is 7.89. The smallest absolute Gasteiger partial charge is 0.497 e. The number of methoxy groups -OCH3 is 1. The van der Waals surface area contributed by atoms with E-state index in [0.29, 0.717) is 22.1 Å². The molecule has 0 amide bonds. The van der Waals surface area contributed by atoms with Gasteiger partial charge in [-0.15, -0.1) is 0 Å². The van der Waals surface area contributed by atoms with Gasteiger partial charge in [-0.05, 0) is 33.8 Å². The van der Waals surface area contributed by atoms with Crippen molar-refractivity contribution in [3.05, 3.63) is 18.3 Å². The van der Waals surface area contributed by atoms with E-state index in [-0.39, 0.29) is 0 Å². The number of fused-ring (bicyclic) bond motifs is 1. The molecule has 25 heavy (non-hydrogen) atoms. The summed E-state index contributed by atoms with van der Waals surface area (Å²) in [6, 6.07) is 3.24. The predicted molar refractivity (Wildman–Crippen MR) is 88.1 cm³/mol. The summed E-state index contributed by atoms with van der Waals surface area (Å²) in [6.07, 6.45) is -2.95. The van der Waals surface area contributed by atoms with Crippen LogP contribution >= 0.6 is 0 Å². The molecule has 9 heteroatoms. The van der Waals surface area contributed by atoms with Crippen LogP contribution in [0.4, 0.5) is 13.2 Å². The molecule has 5 nitrogen and oxygen atoms in total. The van der Waals surface area contributed by atoms with E-state index >= 15 is 0 Å². The van der Waals surface area contributed by atoms with Gasteiger partial charge in [0.05, 0.1) is 30.0 Å². The lowest BCUT2D eigenvalue weighted by atomic mass is 9.78. The molecular formula is C16H20BF3N2O3. The number of ether oxygens (including phenoxy) is 1. The fourth-order valence-electron chi connectivity index (χ4n) is 2.75. The minimum atomic E-state index is -4.35. The molecule has 1 aromatic carbocycles. The number of halogens is 3. The van der Waals surface area contributed by atoms with Crippen LogP contribution in [0.25, 0.3) is 10.9 Å². The van der Waals surface area contributed by atoms with Crippen LogP contribution in [0.5, 0.6) is 5.75 Å². The van der Waals surface area contributed by atoms with Gasteiger partial charge in [0.1, 0.15) is 12.3 Å². The number of nitrogens with zero attached hydrogens (tertiary/aromatic N) is 2. The monoisotopic (exact) mass is 356 g/mol. The Kier molecular flexibility index (Phi) is 4.07. The number of rotatable bonds is 3. The van der Waals surface area contributed by atoms with Crippen LogP contribution in [-0.4, -0.2) is 41.4 Å². The molecule has 1 aliphatic rings. The minimum Gasteiger partial charge on any atom is -0.497 e. The number of hydrogen-bond donors (Lipinski definition) is 0. The first-order chi connectivity index (χ1) is 11.4. The predicted octanol–water partition coefficient (Wildman–Crippen LogP) is 2.91. The van der Waals surface area contributed by atoms with Gasteiger partial charge < -0.3 is 14.0 Å². The molecule has 1 aromatic heterocycles. The molecule has 1 fully saturated rings. The Morgan fingerprint density at radius 2 is 1.76 bits per heavy atom. The number of benzene rings is 1. The highest BCUT2D eigenvalue weighted by Crippen LogP contribution is 2.37. The Bertz CT molecular complexity index is 786. The maximum atomic E-state index is 12.7. The zero-order valence-electron chi connectivity index (χ0n) is 14.8. The molecule has 2 aromatic rings. The van der Waals surface area contributed by atoms with E-state index in [2.05, 4.69) is 5.10 Å². The molecule has 0 saturated carbocycles. The second kappa shape index (κ2) is 5.64. The van der Waals surface area contributed by atoms with Gasteiger partial charge in [0.15, 0.2) is 0 Å². The van der Waals surface area contributed by atoms with Gasteiger partial charge in [0.2, 0.25) is 0 Å². The molecule has 0 N–H and O–H groups in total. The van der Waals surface area contributed by atoms with Crippen LogP contribution in [0.2, 0.25) is 0 Å². The highest BCUT2D eigenvalue weighted by atomic mass is 19.4. The van der Waals surface area contributed by atoms with Crippen LogP contribution < -0.4 is 10.2 Å². The molecule has 136 valence electrons. The van der Waals surface area contributed by atoms with Crippen molar-refractivity contribution in [2.24, 2.45) is 0 Å². The maximum absolute atomic E-state index is 12.7. The van der Waals surface area contributed by atoms with Gasteiger partial charge in [-0.3, -0.25) is 4.68 Å². The van der Waals surface area contributed by atoms with E-state index < -0.39 is 31.0 Å². The number of hydrogen-bond acceptors (Lipinski definition) is 4. The van der Waals surface area contributed by atoms with Crippen molar-refractivity contribution in [3.8, 4) is 5.75 Å². The van der Waals surface area contributed by atoms with Gasteiger partial charge in [0, 0.05) is 16.9 Å². The highest BCUT2D eigenvalue weighted by Gasteiger charge is 2.52. The quantitative estimate of drug-likeness (QED) is 0.794. The van der Waals surface area contributed by atoms with Gasteiger partial charge >= 0.3 is 13.3 Å². The van der Waals surface area contributed by atoms with Crippen molar-refractivity contribution in [2.75, 3.05) is 7.11 Å². The van der Waals surface area contributed by atoms with E-state index in [1.807, 2.05) is 27.7 Å². The van der Waals surface area contributed by atoms with Gasteiger partial charge in [-0.25, -0.2) is 0 Å². The third kappa shape index (κ3) is 3.22. The van der Waals surface area contributed by atoms with E-state index in [1.165, 1.54) is 19.4 Å². The Morgan fingerprint density at radius 1 is 1.16 bits per heavy atom. The standard InChI is InChI=1S/C16H20BF3N2O3/c1-14(2)15(3,4)25-17(24-14)11-6-10-8-21-22(9-16(18,19)20)12(10)7-13(11)23-5/h6-8H,9H2,1-5H3. The Hall–Kier alpha value is -1.74. The Morgan fingerprint density at radius 3 is 2.28 bits per heavy atom. The van der Waals surface area contributed by atoms with Crippen molar-refractivity contribution in [1.29, 1.82) is 0 Å². The number of aromatic nitrogens is 2. The lowest BCUT2D eigenvalue weighted by Gasteiger charge is -2.32. The average molecular weight is 356 g/mol. The molecule has 0 spiro atoms. The zero-order valence-corrected chi connectivity index (χ0v) is 14.8. The van der Waals surface area contributed by atoms with Crippen LogP contribution in [0.3, 0.4) is 0 Å². The second-order valence-electron chi connectivity index (χ2n) is 7.16. The topological polar surface area (TPSA) is 45.5 Å². The third-order valence-corrected chi connectivity index (χ3v) is 4.83. The lowest BCUT2D eigenvalue weighted by Crippen LogP contribution is -2.41. The normalized spacial score (nSPS) is 19.6. The lowest BCUT2D eigenvalue weighted by molar-refractivity contribution is -0.141. The fourth-order valence-corrected chi connectivity index (χ4v) is 2.75. The van der Waals surface area contributed by atoms with Crippen LogP contribution in [0.15, 0.2) is 18.3 Å². The summed E-state index contributed by atoms with van der Waals surface area (Å²) in [6.45, 7) is 6.56. The van der Waals surface area contributed by atoms with Crippen molar-refractivity contribution in [2.45, 2.75) is 51.6 Å². The maximum Gasteiger partial charge on any atom is 0.498 e. The SMILES string of the molecule is COc1cc2c(cnn2CC(F)(F)F)cc1B1OC(C)(C)C(C)(C)O1. The molecule has 0 radical (unpaired) electrons. The van der Waals surface area contributed by atoms with Gasteiger partial charge in [-0.2, -0.15) is 18.3 Å². The summed E-state index contributed by atoms with van der Waals surface area (Å²) in [5, 5.41) is 4.41. The van der Waals surface area contributed by atoms with Crippen LogP contribution in [-0.2, 0) is 15.9 Å². The van der Waals surface area contributed by atoms with Crippen molar-refractivity contribution in [3.63, 3.8) is 0 Å². The first kappa shape index (κ1) is 18.1. The van der Waals surface area contributed by atoms with E-state index in [4.69, 9.17) is 14.0 Å². The molecule has 0 bridgehead atoms. The highest BCUT2D eigenvalue weighted by molar-refractivity contribution is 6.63. The molecule has 1 aliphatic heterocycles. The Balaban J connectivity index is 2.03. The summed E-state index contributed by atoms with van der Waals surface area (Å²) < 4.78 is 56.4. The summed E-state index contributed by atoms with van der Waals surface area (Å²) in [5.74, 6) is 0.398. The van der Waals surface area contributed by atoms with Crippen molar-refractivity contribution >= 4 is 23.5 Å². The van der Waals surface area contributed by atoms with Crippen molar-refractivity contribution in [1.82, 2.24) is 9.78 Å². The van der Waals surface area contributed by atoms with Crippen molar-refractivity contribution < 1.29 is 27.2 Å². The third-order valence-electron chi connectivity index (χ3n) is 4.83. The molecule has 0 unspecified atom stereocenters. The first-order valence-electron chi connectivity index (χ1n) is 7.89. The van der Waals surface area contributed by atoms with Crippen LogP contribution in [0, 0.1) is 0 Å². The molecule has 0 atom stereocenters. The fraction of sp³-hybridized carbons (Fsp3) is 0.562. The molecule has 1 saturated heterocycles. The summed E-state index contributed by atoms with van der Waals surface area (Å²) in [5.41, 5.74) is -0.0921. The van der Waals surface area contributed by atoms with Crippen LogP contribution in [0.1, 0.15) is 27.7 Å². The largest absolute Gasteiger partial charge is 0.498 e. The average Bonchev–Trinajstić information content (AvgIpc) is 2.94. The Labute approximate surface area is 144 Å². The van der Waals surface area contributed by atoms with Gasteiger partial charge in [0.25, 0.3) is 0 Å². The molecule has 3 rings (SSSR count). The molecule has 0 aliphatic carbocycles. The summed E-state index contributed by atoms with van der Waals surface area (Å²) >= 11 is 0. The summed E-state index contributed by atoms with van der Waals surface area (Å²) in [4.78, 5) is 0. The van der Waals surface area contributed by atoms with E-state index in [1.54, 1.807) is 6.07 Å². The minimum absolute atomic E-state index is 0.342. The van der Waals surface area contributed by atoms with Gasteiger partial charge in [-0.1, -0.05) is 0 Å². The van der Waals surface area contributed by atoms with E-state index in [0.717, 1.165) is 4.68 Å². The molecule has 2 heterocycles.